The van der Waals surface area contributed by atoms with Gasteiger partial charge in [0.25, 0.3) is 0 Å². The molecule has 2 aliphatic carbocycles. The van der Waals surface area contributed by atoms with E-state index in [1.54, 1.807) is 44.2 Å². The van der Waals surface area contributed by atoms with E-state index in [1.165, 1.54) is 0 Å². The summed E-state index contributed by atoms with van der Waals surface area (Å²) in [6, 6.07) is 8.51. The number of alkyl halides is 3. The summed E-state index contributed by atoms with van der Waals surface area (Å²) in [5, 5.41) is 0. The standard InChI is InChI=1S/C17H19F3O4S/c1-15(2)13(14(21)11-6-4-3-5-7-11)12-8-9-16(15,10-12)24-25(22,23)17(18,19)20/h3-7,12-13H,8-10H2,1-2H3. The third-order valence-electron chi connectivity index (χ3n) is 5.83. The van der Waals surface area contributed by atoms with Gasteiger partial charge in [-0.15, -0.1) is 0 Å². The van der Waals surface area contributed by atoms with Crippen molar-refractivity contribution >= 4 is 15.9 Å². The smallest absolute Gasteiger partial charge is 0.294 e. The van der Waals surface area contributed by atoms with Crippen LogP contribution in [0.15, 0.2) is 30.3 Å². The van der Waals surface area contributed by atoms with Gasteiger partial charge in [-0.1, -0.05) is 44.2 Å². The zero-order chi connectivity index (χ0) is 18.7. The lowest BCUT2D eigenvalue weighted by Gasteiger charge is -2.44. The maximum Gasteiger partial charge on any atom is 0.523 e. The van der Waals surface area contributed by atoms with Gasteiger partial charge in [0.05, 0.1) is 5.60 Å². The molecule has 2 fully saturated rings. The monoisotopic (exact) mass is 376 g/mol. The number of hydrogen-bond donors (Lipinski definition) is 0. The molecule has 3 rings (SSSR count). The molecule has 0 N–H and O–H groups in total. The van der Waals surface area contributed by atoms with Gasteiger partial charge in [0.2, 0.25) is 0 Å². The highest BCUT2D eigenvalue weighted by molar-refractivity contribution is 7.87. The number of halogens is 3. The minimum Gasteiger partial charge on any atom is -0.294 e. The first-order valence-corrected chi connectivity index (χ1v) is 9.43. The molecule has 138 valence electrons. The van der Waals surface area contributed by atoms with E-state index in [9.17, 15) is 26.4 Å². The predicted octanol–water partition coefficient (Wildman–Crippen LogP) is 3.93. The average molecular weight is 376 g/mol. The minimum atomic E-state index is -5.72. The molecular formula is C17H19F3O4S. The van der Waals surface area contributed by atoms with Crippen molar-refractivity contribution in [2.45, 2.75) is 44.2 Å². The number of hydrogen-bond acceptors (Lipinski definition) is 4. The fourth-order valence-electron chi connectivity index (χ4n) is 4.55. The van der Waals surface area contributed by atoms with Gasteiger partial charge in [0, 0.05) is 16.9 Å². The molecule has 2 aliphatic rings. The summed E-state index contributed by atoms with van der Waals surface area (Å²) in [6.45, 7) is 3.26. The van der Waals surface area contributed by atoms with Crippen molar-refractivity contribution < 1.29 is 30.6 Å². The van der Waals surface area contributed by atoms with Gasteiger partial charge >= 0.3 is 15.6 Å². The molecule has 3 atom stereocenters. The molecule has 1 aromatic carbocycles. The van der Waals surface area contributed by atoms with Crippen molar-refractivity contribution in [1.29, 1.82) is 0 Å². The van der Waals surface area contributed by atoms with Gasteiger partial charge in [0.1, 0.15) is 0 Å². The van der Waals surface area contributed by atoms with Crippen LogP contribution in [0.5, 0.6) is 0 Å². The van der Waals surface area contributed by atoms with Gasteiger partial charge in [-0.2, -0.15) is 21.6 Å². The fraction of sp³-hybridized carbons (Fsp3) is 0.588. The van der Waals surface area contributed by atoms with Crippen LogP contribution in [0.1, 0.15) is 43.5 Å². The Labute approximate surface area is 144 Å². The van der Waals surface area contributed by atoms with Crippen molar-refractivity contribution in [2.24, 2.45) is 17.3 Å². The molecule has 8 heteroatoms. The second-order valence-corrected chi connectivity index (χ2v) is 8.95. The van der Waals surface area contributed by atoms with E-state index < -0.39 is 32.6 Å². The molecule has 2 bridgehead atoms. The molecular weight excluding hydrogens is 357 g/mol. The maximum atomic E-state index is 12.9. The van der Waals surface area contributed by atoms with Crippen LogP contribution < -0.4 is 0 Å². The second kappa shape index (κ2) is 5.54. The molecule has 2 saturated carbocycles. The number of carbonyl (C=O) groups excluding carboxylic acids is 1. The Kier molecular flexibility index (Phi) is 4.07. The highest BCUT2D eigenvalue weighted by Crippen LogP contribution is 2.65. The molecule has 4 nitrogen and oxygen atoms in total. The van der Waals surface area contributed by atoms with Crippen LogP contribution in [0.4, 0.5) is 13.2 Å². The molecule has 0 saturated heterocycles. The molecule has 0 radical (unpaired) electrons. The van der Waals surface area contributed by atoms with Gasteiger partial charge < -0.3 is 0 Å². The van der Waals surface area contributed by atoms with E-state index in [-0.39, 0.29) is 24.5 Å². The van der Waals surface area contributed by atoms with Crippen molar-refractivity contribution in [3.8, 4) is 0 Å². The summed E-state index contributed by atoms with van der Waals surface area (Å²) in [5.74, 6) is -0.941. The van der Waals surface area contributed by atoms with E-state index in [2.05, 4.69) is 0 Å². The number of benzene rings is 1. The summed E-state index contributed by atoms with van der Waals surface area (Å²) >= 11 is 0. The van der Waals surface area contributed by atoms with Crippen molar-refractivity contribution in [2.75, 3.05) is 0 Å². The van der Waals surface area contributed by atoms with Crippen LogP contribution >= 0.6 is 0 Å². The first-order chi connectivity index (χ1) is 11.4. The molecule has 0 aromatic heterocycles. The summed E-state index contributed by atoms with van der Waals surface area (Å²) in [5.41, 5.74) is -7.53. The second-order valence-electron chi connectivity index (χ2n) is 7.41. The lowest BCUT2D eigenvalue weighted by atomic mass is 9.64. The van der Waals surface area contributed by atoms with Crippen LogP contribution in [0.3, 0.4) is 0 Å². The van der Waals surface area contributed by atoms with Crippen LogP contribution in [0.2, 0.25) is 0 Å². The SMILES string of the molecule is CC1(C)C(C(=O)c2ccccc2)C2CCC1(OS(=O)(=O)C(F)(F)F)C2. The Morgan fingerprint density at radius 1 is 1.20 bits per heavy atom. The van der Waals surface area contributed by atoms with Crippen LogP contribution in [0, 0.1) is 17.3 Å². The minimum absolute atomic E-state index is 0.137. The molecule has 0 aliphatic heterocycles. The first kappa shape index (κ1) is 18.4. The molecule has 1 aromatic rings. The third kappa shape index (κ3) is 2.70. The summed E-state index contributed by atoms with van der Waals surface area (Å²) in [7, 11) is -5.72. The lowest BCUT2D eigenvalue weighted by molar-refractivity contribution is -0.0857. The topological polar surface area (TPSA) is 60.4 Å². The molecule has 0 amide bonds. The molecule has 3 unspecified atom stereocenters. The summed E-state index contributed by atoms with van der Waals surface area (Å²) < 4.78 is 66.4. The van der Waals surface area contributed by atoms with E-state index in [0.717, 1.165) is 0 Å². The van der Waals surface area contributed by atoms with E-state index >= 15 is 0 Å². The van der Waals surface area contributed by atoms with Gasteiger partial charge in [0.15, 0.2) is 5.78 Å². The molecule has 0 spiro atoms. The quantitative estimate of drug-likeness (QED) is 0.454. The Bertz CT molecular complexity index is 786. The van der Waals surface area contributed by atoms with E-state index in [1.807, 2.05) is 0 Å². The first-order valence-electron chi connectivity index (χ1n) is 8.02. The number of carbonyl (C=O) groups is 1. The van der Waals surface area contributed by atoms with Crippen LogP contribution in [0.25, 0.3) is 0 Å². The normalized spacial score (nSPS) is 31.2. The zero-order valence-corrected chi connectivity index (χ0v) is 14.7. The zero-order valence-electron chi connectivity index (χ0n) is 13.8. The number of ketones is 1. The van der Waals surface area contributed by atoms with Crippen LogP contribution in [-0.2, 0) is 14.3 Å². The van der Waals surface area contributed by atoms with Gasteiger partial charge in [-0.3, -0.25) is 8.98 Å². The number of Topliss-reactive ketones (excluding diaryl/α,β-unsaturated/α-hetero) is 1. The summed E-state index contributed by atoms with van der Waals surface area (Å²) in [4.78, 5) is 12.9. The highest BCUT2D eigenvalue weighted by Gasteiger charge is 2.68. The Balaban J connectivity index is 1.96. The van der Waals surface area contributed by atoms with E-state index in [4.69, 9.17) is 4.18 Å². The molecule has 0 heterocycles. The average Bonchev–Trinajstić information content (AvgIpc) is 2.99. The van der Waals surface area contributed by atoms with Gasteiger partial charge in [-0.25, -0.2) is 0 Å². The van der Waals surface area contributed by atoms with Crippen molar-refractivity contribution in [3.05, 3.63) is 35.9 Å². The maximum absolute atomic E-state index is 12.9. The van der Waals surface area contributed by atoms with Crippen LogP contribution in [-0.4, -0.2) is 25.3 Å². The third-order valence-corrected chi connectivity index (χ3v) is 6.93. The largest absolute Gasteiger partial charge is 0.523 e. The molecule has 25 heavy (non-hydrogen) atoms. The van der Waals surface area contributed by atoms with E-state index in [0.29, 0.717) is 12.0 Å². The number of rotatable bonds is 4. The highest BCUT2D eigenvalue weighted by atomic mass is 32.2. The Morgan fingerprint density at radius 2 is 1.80 bits per heavy atom. The Hall–Kier alpha value is -1.41. The number of fused-ring (bicyclic) bond motifs is 2. The Morgan fingerprint density at radius 3 is 2.36 bits per heavy atom. The lowest BCUT2D eigenvalue weighted by Crippen LogP contribution is -2.51. The predicted molar refractivity (Wildman–Crippen MR) is 84.2 cm³/mol. The van der Waals surface area contributed by atoms with Crippen molar-refractivity contribution in [1.82, 2.24) is 0 Å². The van der Waals surface area contributed by atoms with Gasteiger partial charge in [-0.05, 0) is 25.2 Å². The fourth-order valence-corrected chi connectivity index (χ4v) is 5.43. The van der Waals surface area contributed by atoms with Crippen molar-refractivity contribution in [3.63, 3.8) is 0 Å². The summed E-state index contributed by atoms with van der Waals surface area (Å²) in [6.07, 6.45) is 0.803.